The first-order valence-corrected chi connectivity index (χ1v) is 12.2. The van der Waals surface area contributed by atoms with Crippen molar-refractivity contribution in [3.05, 3.63) is 77.6 Å². The van der Waals surface area contributed by atoms with Crippen LogP contribution in [0.4, 0.5) is 5.13 Å². The Bertz CT molecular complexity index is 1170. The number of hydrogen-bond acceptors (Lipinski definition) is 6. The molecule has 0 saturated heterocycles. The van der Waals surface area contributed by atoms with Gasteiger partial charge in [-0.3, -0.25) is 14.7 Å². The lowest BCUT2D eigenvalue weighted by atomic mass is 10.1. The number of thiazole rings is 1. The van der Waals surface area contributed by atoms with E-state index in [0.717, 1.165) is 37.3 Å². The lowest BCUT2D eigenvalue weighted by Gasteiger charge is -2.19. The van der Waals surface area contributed by atoms with E-state index in [4.69, 9.17) is 9.72 Å². The molecule has 0 fully saturated rings. The van der Waals surface area contributed by atoms with E-state index >= 15 is 0 Å². The number of carbonyl (C=O) groups is 1. The molecule has 7 heteroatoms. The molecule has 32 heavy (non-hydrogen) atoms. The first-order chi connectivity index (χ1) is 15.5. The molecule has 4 rings (SSSR count). The van der Waals surface area contributed by atoms with Gasteiger partial charge in [0.15, 0.2) is 5.13 Å². The highest BCUT2D eigenvalue weighted by Crippen LogP contribution is 2.34. The van der Waals surface area contributed by atoms with E-state index in [9.17, 15) is 4.79 Å². The second-order valence-electron chi connectivity index (χ2n) is 7.45. The number of aryl methyl sites for hydroxylation is 2. The summed E-state index contributed by atoms with van der Waals surface area (Å²) < 4.78 is 6.34. The van der Waals surface area contributed by atoms with E-state index in [0.29, 0.717) is 18.7 Å². The van der Waals surface area contributed by atoms with Gasteiger partial charge in [-0.2, -0.15) is 0 Å². The molecule has 0 aliphatic carbocycles. The maximum absolute atomic E-state index is 13.3. The third kappa shape index (κ3) is 5.11. The van der Waals surface area contributed by atoms with E-state index in [-0.39, 0.29) is 5.91 Å². The van der Waals surface area contributed by atoms with E-state index in [1.807, 2.05) is 42.5 Å². The largest absolute Gasteiger partial charge is 0.497 e. The number of ether oxygens (including phenoxy) is 1. The van der Waals surface area contributed by atoms with Crippen LogP contribution in [0.15, 0.2) is 65.7 Å². The van der Waals surface area contributed by atoms with Crippen LogP contribution in [0, 0.1) is 13.8 Å². The van der Waals surface area contributed by atoms with Crippen molar-refractivity contribution in [2.75, 3.05) is 17.8 Å². The second-order valence-corrected chi connectivity index (χ2v) is 9.59. The molecule has 0 aliphatic rings. The lowest BCUT2D eigenvalue weighted by Crippen LogP contribution is -2.30. The smallest absolute Gasteiger partial charge is 0.229 e. The third-order valence-electron chi connectivity index (χ3n) is 5.15. The van der Waals surface area contributed by atoms with Gasteiger partial charge < -0.3 is 4.74 Å². The number of hydrogen-bond donors (Lipinski definition) is 0. The molecule has 2 aromatic heterocycles. The molecule has 4 aromatic rings. The number of methoxy groups -OCH3 is 1. The number of carbonyl (C=O) groups excluding carboxylic acids is 1. The Kier molecular flexibility index (Phi) is 7.07. The summed E-state index contributed by atoms with van der Waals surface area (Å²) in [6.07, 6.45) is 2.17. The molecule has 164 valence electrons. The molecule has 0 spiro atoms. The SMILES string of the molecule is COc1ccc(SCCC(=O)N(Cc2ccccn2)c2nc3c(C)ccc(C)c3s2)cc1. The third-order valence-corrected chi connectivity index (χ3v) is 7.38. The fourth-order valence-corrected chi connectivity index (χ4v) is 5.31. The summed E-state index contributed by atoms with van der Waals surface area (Å²) in [5, 5.41) is 0.725. The van der Waals surface area contributed by atoms with Crippen LogP contribution >= 0.6 is 23.1 Å². The van der Waals surface area contributed by atoms with Crippen molar-refractivity contribution in [2.45, 2.75) is 31.7 Å². The molecule has 1 amide bonds. The average Bonchev–Trinajstić information content (AvgIpc) is 3.27. The van der Waals surface area contributed by atoms with Gasteiger partial charge in [0, 0.05) is 23.3 Å². The van der Waals surface area contributed by atoms with Crippen LogP contribution in [-0.4, -0.2) is 28.7 Å². The van der Waals surface area contributed by atoms with Gasteiger partial charge in [0.25, 0.3) is 0 Å². The predicted molar refractivity (Wildman–Crippen MR) is 133 cm³/mol. The Morgan fingerprint density at radius 2 is 1.84 bits per heavy atom. The van der Waals surface area contributed by atoms with Crippen molar-refractivity contribution in [3.8, 4) is 5.75 Å². The number of anilines is 1. The number of thioether (sulfide) groups is 1. The summed E-state index contributed by atoms with van der Waals surface area (Å²) in [6.45, 7) is 4.55. The summed E-state index contributed by atoms with van der Waals surface area (Å²) in [7, 11) is 1.65. The summed E-state index contributed by atoms with van der Waals surface area (Å²) in [4.78, 5) is 25.5. The first-order valence-electron chi connectivity index (χ1n) is 10.4. The number of amides is 1. The van der Waals surface area contributed by atoms with E-state index < -0.39 is 0 Å². The lowest BCUT2D eigenvalue weighted by molar-refractivity contribution is -0.118. The number of nitrogens with zero attached hydrogens (tertiary/aromatic N) is 3. The van der Waals surface area contributed by atoms with Crippen LogP contribution in [-0.2, 0) is 11.3 Å². The van der Waals surface area contributed by atoms with Crippen molar-refractivity contribution >= 4 is 44.4 Å². The quantitative estimate of drug-likeness (QED) is 0.299. The molecule has 0 aliphatic heterocycles. The standard InChI is InChI=1S/C25H25N3O2S2/c1-17-7-8-18(2)24-23(17)27-25(32-24)28(16-19-6-4-5-14-26-19)22(29)13-15-31-21-11-9-20(30-3)10-12-21/h4-12,14H,13,15-16H2,1-3H3. The van der Waals surface area contributed by atoms with Gasteiger partial charge in [0.1, 0.15) is 5.75 Å². The predicted octanol–water partition coefficient (Wildman–Crippen LogP) is 6.03. The van der Waals surface area contributed by atoms with E-state index in [2.05, 4.69) is 31.0 Å². The van der Waals surface area contributed by atoms with Crippen LogP contribution in [0.1, 0.15) is 23.2 Å². The Morgan fingerprint density at radius 3 is 2.53 bits per heavy atom. The van der Waals surface area contributed by atoms with Crippen molar-refractivity contribution in [2.24, 2.45) is 0 Å². The van der Waals surface area contributed by atoms with Crippen molar-refractivity contribution < 1.29 is 9.53 Å². The van der Waals surface area contributed by atoms with Gasteiger partial charge in [-0.25, -0.2) is 4.98 Å². The molecule has 2 heterocycles. The van der Waals surface area contributed by atoms with Crippen LogP contribution < -0.4 is 9.64 Å². The van der Waals surface area contributed by atoms with E-state index in [1.165, 1.54) is 5.56 Å². The zero-order chi connectivity index (χ0) is 22.5. The molecular formula is C25H25N3O2S2. The van der Waals surface area contributed by atoms with Crippen molar-refractivity contribution in [3.63, 3.8) is 0 Å². The number of pyridine rings is 1. The highest BCUT2D eigenvalue weighted by molar-refractivity contribution is 7.99. The topological polar surface area (TPSA) is 55.3 Å². The maximum atomic E-state index is 13.3. The second kappa shape index (κ2) is 10.1. The number of benzene rings is 2. The van der Waals surface area contributed by atoms with Gasteiger partial charge in [0.05, 0.1) is 29.6 Å². The zero-order valence-corrected chi connectivity index (χ0v) is 20.0. The van der Waals surface area contributed by atoms with E-state index in [1.54, 1.807) is 41.3 Å². The minimum absolute atomic E-state index is 0.0472. The Labute approximate surface area is 196 Å². The number of rotatable bonds is 8. The molecule has 0 N–H and O–H groups in total. The normalized spacial score (nSPS) is 11.0. The first kappa shape index (κ1) is 22.3. The zero-order valence-electron chi connectivity index (χ0n) is 18.4. The minimum atomic E-state index is 0.0472. The molecular weight excluding hydrogens is 438 g/mol. The Balaban J connectivity index is 1.54. The van der Waals surface area contributed by atoms with Crippen LogP contribution in [0.2, 0.25) is 0 Å². The highest BCUT2D eigenvalue weighted by Gasteiger charge is 2.21. The molecule has 5 nitrogen and oxygen atoms in total. The fourth-order valence-electron chi connectivity index (χ4n) is 3.34. The van der Waals surface area contributed by atoms with Crippen molar-refractivity contribution in [1.82, 2.24) is 9.97 Å². The summed E-state index contributed by atoms with van der Waals surface area (Å²) in [5.74, 6) is 1.56. The Hall–Kier alpha value is -2.90. The average molecular weight is 464 g/mol. The molecule has 0 radical (unpaired) electrons. The Morgan fingerprint density at radius 1 is 1.06 bits per heavy atom. The molecule has 0 saturated carbocycles. The minimum Gasteiger partial charge on any atom is -0.497 e. The summed E-state index contributed by atoms with van der Waals surface area (Å²) in [6, 6.07) is 17.8. The maximum Gasteiger partial charge on any atom is 0.229 e. The number of fused-ring (bicyclic) bond motifs is 1. The highest BCUT2D eigenvalue weighted by atomic mass is 32.2. The van der Waals surface area contributed by atoms with Gasteiger partial charge in [0.2, 0.25) is 5.91 Å². The van der Waals surface area contributed by atoms with Crippen LogP contribution in [0.25, 0.3) is 10.2 Å². The van der Waals surface area contributed by atoms with Gasteiger partial charge in [-0.05, 0) is 61.4 Å². The molecule has 0 bridgehead atoms. The van der Waals surface area contributed by atoms with Gasteiger partial charge in [-0.1, -0.05) is 29.5 Å². The van der Waals surface area contributed by atoms with Crippen LogP contribution in [0.5, 0.6) is 5.75 Å². The molecule has 2 aromatic carbocycles. The molecule has 0 unspecified atom stereocenters. The monoisotopic (exact) mass is 463 g/mol. The summed E-state index contributed by atoms with van der Waals surface area (Å²) in [5.41, 5.74) is 4.11. The van der Waals surface area contributed by atoms with Crippen LogP contribution in [0.3, 0.4) is 0 Å². The fraction of sp³-hybridized carbons (Fsp3) is 0.240. The molecule has 0 atom stereocenters. The number of aromatic nitrogens is 2. The van der Waals surface area contributed by atoms with Gasteiger partial charge >= 0.3 is 0 Å². The van der Waals surface area contributed by atoms with Crippen molar-refractivity contribution in [1.29, 1.82) is 0 Å². The summed E-state index contributed by atoms with van der Waals surface area (Å²) >= 11 is 3.23. The van der Waals surface area contributed by atoms with Gasteiger partial charge in [-0.15, -0.1) is 11.8 Å².